The maximum absolute atomic E-state index is 13.2. The summed E-state index contributed by atoms with van der Waals surface area (Å²) in [5.41, 5.74) is 3.05. The highest BCUT2D eigenvalue weighted by Gasteiger charge is 2.28. The normalized spacial score (nSPS) is 14.6. The maximum atomic E-state index is 13.2. The zero-order chi connectivity index (χ0) is 29.4. The van der Waals surface area contributed by atoms with Crippen LogP contribution in [0.15, 0.2) is 46.1 Å². The first-order valence-corrected chi connectivity index (χ1v) is 13.4. The molecular weight excluding hydrogens is 532 g/mol. The number of anilines is 1. The second-order valence-corrected chi connectivity index (χ2v) is 9.84. The number of nitrogens with one attached hydrogen (secondary N) is 3. The molecule has 41 heavy (non-hydrogen) atoms. The van der Waals surface area contributed by atoms with Gasteiger partial charge in [-0.1, -0.05) is 41.5 Å². The van der Waals surface area contributed by atoms with E-state index < -0.39 is 41.7 Å². The van der Waals surface area contributed by atoms with Gasteiger partial charge >= 0.3 is 5.97 Å². The Balaban J connectivity index is 1.37. The molecule has 0 bridgehead atoms. The van der Waals surface area contributed by atoms with Crippen molar-refractivity contribution in [3.05, 3.63) is 69.5 Å². The number of Topliss-reactive ketones (excluding diaryl/α,β-unsaturated/α-hetero) is 1. The van der Waals surface area contributed by atoms with Crippen molar-refractivity contribution < 1.29 is 24.1 Å². The minimum absolute atomic E-state index is 0.0103. The third-order valence-corrected chi connectivity index (χ3v) is 6.99. The van der Waals surface area contributed by atoms with Crippen molar-refractivity contribution in [3.63, 3.8) is 0 Å². The van der Waals surface area contributed by atoms with Crippen molar-refractivity contribution in [1.82, 2.24) is 35.4 Å². The Morgan fingerprint density at radius 3 is 2.66 bits per heavy atom. The van der Waals surface area contributed by atoms with E-state index in [-0.39, 0.29) is 25.3 Å². The summed E-state index contributed by atoms with van der Waals surface area (Å²) in [6, 6.07) is 5.95. The monoisotopic (exact) mass is 566 g/mol. The van der Waals surface area contributed by atoms with Crippen LogP contribution in [0.5, 0.6) is 0 Å². The van der Waals surface area contributed by atoms with Gasteiger partial charge in [-0.3, -0.25) is 34.0 Å². The van der Waals surface area contributed by atoms with E-state index in [1.165, 1.54) is 28.1 Å². The highest BCUT2D eigenvalue weighted by atomic mass is 16.6. The average molecular weight is 567 g/mol. The summed E-state index contributed by atoms with van der Waals surface area (Å²) in [5.74, 6) is -2.34. The lowest BCUT2D eigenvalue weighted by molar-refractivity contribution is -0.140. The van der Waals surface area contributed by atoms with Gasteiger partial charge in [-0.2, -0.15) is 0 Å². The van der Waals surface area contributed by atoms with Crippen LogP contribution in [-0.4, -0.2) is 73.3 Å². The minimum Gasteiger partial charge on any atom is -0.481 e. The molecule has 0 radical (unpaired) electrons. The van der Waals surface area contributed by atoms with Crippen molar-refractivity contribution in [2.45, 2.75) is 58.3 Å². The number of carboxylic acid groups (broad SMARTS) is 1. The number of carbonyl (C=O) groups is 3. The highest BCUT2D eigenvalue weighted by Crippen LogP contribution is 2.17. The molecule has 0 spiro atoms. The van der Waals surface area contributed by atoms with Gasteiger partial charge in [-0.15, -0.1) is 0 Å². The van der Waals surface area contributed by atoms with E-state index in [0.29, 0.717) is 18.1 Å². The first-order chi connectivity index (χ1) is 19.8. The number of aryl methyl sites for hydroxylation is 1. The molecule has 1 aromatic carbocycles. The van der Waals surface area contributed by atoms with Gasteiger partial charge in [0.05, 0.1) is 25.6 Å². The van der Waals surface area contributed by atoms with Crippen LogP contribution in [0.25, 0.3) is 0 Å². The largest absolute Gasteiger partial charge is 0.481 e. The van der Waals surface area contributed by atoms with E-state index in [0.717, 1.165) is 19.5 Å². The second-order valence-electron chi connectivity index (χ2n) is 9.84. The topological polar surface area (TPSA) is 185 Å². The molecule has 1 aliphatic rings. The van der Waals surface area contributed by atoms with Crippen LogP contribution in [0.2, 0.25) is 0 Å². The van der Waals surface area contributed by atoms with Gasteiger partial charge in [0.2, 0.25) is 5.91 Å². The second kappa shape index (κ2) is 13.8. The average Bonchev–Trinajstić information content (AvgIpc) is 3.37. The van der Waals surface area contributed by atoms with Crippen LogP contribution in [0.1, 0.15) is 48.3 Å². The predicted octanol–water partition coefficient (Wildman–Crippen LogP) is 0.632. The number of carbonyl (C=O) groups excluding carboxylic acids is 2. The number of hydrogen-bond donors (Lipinski definition) is 4. The number of carboxylic acids is 1. The summed E-state index contributed by atoms with van der Waals surface area (Å²) >= 11 is 0. The first-order valence-electron chi connectivity index (χ1n) is 13.4. The Hall–Kier alpha value is -4.43. The molecule has 1 aliphatic heterocycles. The van der Waals surface area contributed by atoms with Crippen molar-refractivity contribution >= 4 is 23.5 Å². The van der Waals surface area contributed by atoms with Crippen molar-refractivity contribution in [2.24, 2.45) is 0 Å². The SMILES string of the molecule is CCC(C(=O)N[C@@H](CC(=O)O)C(=O)CNCN1CCc2ccccc2C1)n1ccnc(NCc2nonc2C)c1=O. The Kier molecular flexibility index (Phi) is 9.92. The molecule has 0 fully saturated rings. The molecule has 0 aliphatic carbocycles. The van der Waals surface area contributed by atoms with Gasteiger partial charge in [0.15, 0.2) is 11.6 Å². The van der Waals surface area contributed by atoms with Crippen molar-refractivity contribution in [1.29, 1.82) is 0 Å². The standard InChI is InChI=1S/C27H34N8O6/c1-3-22(35-11-9-29-25(27(35)40)30-13-21-17(2)32-41-33-21)26(39)31-20(12-24(37)38)23(36)14-28-16-34-10-8-18-6-4-5-7-19(18)15-34/h4-7,9,11,20,22,28H,3,8,10,12-16H2,1-2H3,(H,29,30)(H,31,39)(H,37,38)/t20-,22?/m0/s1. The molecule has 2 aromatic heterocycles. The van der Waals surface area contributed by atoms with Crippen LogP contribution < -0.4 is 21.5 Å². The number of aromatic nitrogens is 4. The van der Waals surface area contributed by atoms with Crippen LogP contribution in [0.4, 0.5) is 5.82 Å². The predicted molar refractivity (Wildman–Crippen MR) is 147 cm³/mol. The number of ketones is 1. The molecule has 218 valence electrons. The summed E-state index contributed by atoms with van der Waals surface area (Å²) in [6.07, 6.45) is 3.28. The zero-order valence-electron chi connectivity index (χ0n) is 23.0. The van der Waals surface area contributed by atoms with Gasteiger partial charge in [-0.25, -0.2) is 9.61 Å². The lowest BCUT2D eigenvalue weighted by atomic mass is 10.0. The fourth-order valence-electron chi connectivity index (χ4n) is 4.71. The molecule has 3 aromatic rings. The van der Waals surface area contributed by atoms with Crippen LogP contribution >= 0.6 is 0 Å². The number of amides is 1. The lowest BCUT2D eigenvalue weighted by Gasteiger charge is -2.29. The smallest absolute Gasteiger partial charge is 0.305 e. The van der Waals surface area contributed by atoms with E-state index in [9.17, 15) is 24.3 Å². The van der Waals surface area contributed by atoms with Gasteiger partial charge in [-0.05, 0) is 30.9 Å². The molecule has 0 saturated heterocycles. The minimum atomic E-state index is -1.26. The summed E-state index contributed by atoms with van der Waals surface area (Å²) in [4.78, 5) is 57.1. The lowest BCUT2D eigenvalue weighted by Crippen LogP contribution is -2.49. The van der Waals surface area contributed by atoms with Crippen molar-refractivity contribution in [3.8, 4) is 0 Å². The maximum Gasteiger partial charge on any atom is 0.305 e. The number of aliphatic carboxylic acids is 1. The molecule has 14 heteroatoms. The Morgan fingerprint density at radius 1 is 1.17 bits per heavy atom. The fourth-order valence-corrected chi connectivity index (χ4v) is 4.71. The third-order valence-electron chi connectivity index (χ3n) is 6.99. The molecule has 1 unspecified atom stereocenters. The number of hydrogen-bond acceptors (Lipinski definition) is 11. The van der Waals surface area contributed by atoms with Crippen LogP contribution in [-0.2, 0) is 33.9 Å². The van der Waals surface area contributed by atoms with E-state index in [1.807, 2.05) is 12.1 Å². The molecule has 1 amide bonds. The molecule has 4 rings (SSSR count). The van der Waals surface area contributed by atoms with E-state index >= 15 is 0 Å². The molecule has 3 heterocycles. The summed E-state index contributed by atoms with van der Waals surface area (Å²) < 4.78 is 5.86. The summed E-state index contributed by atoms with van der Waals surface area (Å²) in [5, 5.41) is 25.3. The van der Waals surface area contributed by atoms with E-state index in [4.69, 9.17) is 0 Å². The van der Waals surface area contributed by atoms with Crippen LogP contribution in [0, 0.1) is 6.92 Å². The Bertz CT molecular complexity index is 1440. The molecule has 14 nitrogen and oxygen atoms in total. The van der Waals surface area contributed by atoms with E-state index in [2.05, 4.69) is 52.9 Å². The van der Waals surface area contributed by atoms with Gasteiger partial charge < -0.3 is 15.7 Å². The third kappa shape index (κ3) is 7.61. The van der Waals surface area contributed by atoms with Crippen molar-refractivity contribution in [2.75, 3.05) is 25.1 Å². The highest BCUT2D eigenvalue weighted by molar-refractivity contribution is 5.93. The number of nitrogens with zero attached hydrogens (tertiary/aromatic N) is 5. The summed E-state index contributed by atoms with van der Waals surface area (Å²) in [6.45, 7) is 5.45. The van der Waals surface area contributed by atoms with Gasteiger partial charge in [0.25, 0.3) is 5.56 Å². The Morgan fingerprint density at radius 2 is 1.95 bits per heavy atom. The van der Waals surface area contributed by atoms with E-state index in [1.54, 1.807) is 13.8 Å². The number of fused-ring (bicyclic) bond motifs is 1. The zero-order valence-corrected chi connectivity index (χ0v) is 23.0. The fraction of sp³-hybridized carbons (Fsp3) is 0.444. The quantitative estimate of drug-likeness (QED) is 0.214. The van der Waals surface area contributed by atoms with Gasteiger partial charge in [0.1, 0.15) is 17.4 Å². The number of benzene rings is 1. The molecule has 2 atom stereocenters. The summed E-state index contributed by atoms with van der Waals surface area (Å²) in [7, 11) is 0. The Labute approximate surface area is 236 Å². The molecular formula is C27H34N8O6. The number of rotatable bonds is 14. The molecule has 4 N–H and O–H groups in total. The van der Waals surface area contributed by atoms with Crippen LogP contribution in [0.3, 0.4) is 0 Å². The molecule has 0 saturated carbocycles. The van der Waals surface area contributed by atoms with Gasteiger partial charge in [0, 0.05) is 32.2 Å². The first kappa shape index (κ1) is 29.6.